The molecule has 2 aliphatic carbocycles. The number of nitrogens with zero attached hydrogens (tertiary/aromatic N) is 4. The van der Waals surface area contributed by atoms with Crippen LogP contribution in [0.2, 0.25) is 0 Å². The molecular formula is C54H42N4S. The number of rotatable bonds is 8. The van der Waals surface area contributed by atoms with Crippen LogP contribution in [0.15, 0.2) is 167 Å². The normalized spacial score (nSPS) is 15.5. The van der Waals surface area contributed by atoms with E-state index in [1.165, 1.54) is 69.3 Å². The van der Waals surface area contributed by atoms with Gasteiger partial charge in [-0.25, -0.2) is 9.97 Å². The number of benzene rings is 6. The standard InChI is InChI=1S/C54H42N4S/c1-2-3-15-36-33-44-50-43-20-7-10-21-45(43)55-51(53(50)59-52(36)44)38-30-37(31-40(32-38)57-47-23-12-8-18-41(47)42-19-9-13-24-48(42)57)34-26-28-35(29-27-34)54-56-46-22-11-14-25-49(46)58(54)39-16-5-4-6-17-39/h4-8,10-14,16-18,20-32,44H,2-3,9,15,19,33H2,1H3. The molecule has 0 bridgehead atoms. The summed E-state index contributed by atoms with van der Waals surface area (Å²) in [6, 6.07) is 52.9. The number of hydrogen-bond acceptors (Lipinski definition) is 3. The lowest BCUT2D eigenvalue weighted by Crippen LogP contribution is -2.11. The van der Waals surface area contributed by atoms with Gasteiger partial charge in [0.15, 0.2) is 0 Å². The van der Waals surface area contributed by atoms with E-state index in [0.29, 0.717) is 5.92 Å². The smallest absolute Gasteiger partial charge is 0.145 e. The molecule has 284 valence electrons. The number of fused-ring (bicyclic) bond motifs is 9. The van der Waals surface area contributed by atoms with E-state index in [4.69, 9.17) is 9.97 Å². The summed E-state index contributed by atoms with van der Waals surface area (Å²) in [5.41, 5.74) is 18.2. The van der Waals surface area contributed by atoms with Crippen LogP contribution in [0, 0.1) is 0 Å². The summed E-state index contributed by atoms with van der Waals surface area (Å²) in [4.78, 5) is 13.6. The molecule has 0 radical (unpaired) electrons. The zero-order valence-electron chi connectivity index (χ0n) is 33.0. The highest BCUT2D eigenvalue weighted by Crippen LogP contribution is 2.63. The molecule has 5 heteroatoms. The number of aryl methyl sites for hydroxylation is 1. The lowest BCUT2D eigenvalue weighted by molar-refractivity contribution is 0.653. The fraction of sp³-hybridized carbons (Fsp3) is 0.148. The van der Waals surface area contributed by atoms with Crippen molar-refractivity contribution in [3.63, 3.8) is 0 Å². The Balaban J connectivity index is 1.06. The van der Waals surface area contributed by atoms with Crippen LogP contribution >= 0.6 is 11.8 Å². The van der Waals surface area contributed by atoms with Crippen molar-refractivity contribution in [3.05, 3.63) is 179 Å². The molecule has 1 atom stereocenters. The van der Waals surface area contributed by atoms with Crippen LogP contribution in [0.4, 0.5) is 0 Å². The summed E-state index contributed by atoms with van der Waals surface area (Å²) in [5.74, 6) is 1.42. The van der Waals surface area contributed by atoms with Crippen molar-refractivity contribution in [3.8, 4) is 45.1 Å². The summed E-state index contributed by atoms with van der Waals surface area (Å²) < 4.78 is 4.77. The molecule has 4 heterocycles. The molecule has 9 aromatic rings. The Kier molecular flexibility index (Phi) is 8.12. The van der Waals surface area contributed by atoms with Crippen molar-refractivity contribution in [2.75, 3.05) is 0 Å². The van der Waals surface area contributed by atoms with Crippen LogP contribution in [0.3, 0.4) is 0 Å². The zero-order chi connectivity index (χ0) is 39.0. The fourth-order valence-electron chi connectivity index (χ4n) is 9.90. The van der Waals surface area contributed by atoms with E-state index in [9.17, 15) is 0 Å². The monoisotopic (exact) mass is 778 g/mol. The van der Waals surface area contributed by atoms with Gasteiger partial charge in [0, 0.05) is 49.8 Å². The van der Waals surface area contributed by atoms with Crippen molar-refractivity contribution in [1.82, 2.24) is 19.1 Å². The molecule has 3 aliphatic rings. The van der Waals surface area contributed by atoms with Gasteiger partial charge in [-0.05, 0) is 120 Å². The van der Waals surface area contributed by atoms with Gasteiger partial charge in [0.1, 0.15) is 5.82 Å². The van der Waals surface area contributed by atoms with Crippen LogP contribution in [-0.4, -0.2) is 19.1 Å². The van der Waals surface area contributed by atoms with Gasteiger partial charge < -0.3 is 4.57 Å². The number of imidazole rings is 1. The molecule has 0 fully saturated rings. The minimum Gasteiger partial charge on any atom is -0.310 e. The number of aromatic nitrogens is 4. The number of pyridine rings is 1. The number of thioether (sulfide) groups is 1. The molecule has 4 nitrogen and oxygen atoms in total. The Hall–Kier alpha value is -6.43. The quantitative estimate of drug-likeness (QED) is 0.154. The molecule has 0 N–H and O–H groups in total. The molecule has 59 heavy (non-hydrogen) atoms. The Morgan fingerprint density at radius 3 is 2.22 bits per heavy atom. The van der Waals surface area contributed by atoms with Crippen LogP contribution in [0.1, 0.15) is 61.8 Å². The number of para-hydroxylation sites is 5. The fourth-order valence-corrected chi connectivity index (χ4v) is 11.4. The van der Waals surface area contributed by atoms with Gasteiger partial charge in [0.25, 0.3) is 0 Å². The predicted molar refractivity (Wildman–Crippen MR) is 247 cm³/mol. The van der Waals surface area contributed by atoms with Crippen molar-refractivity contribution in [2.24, 2.45) is 0 Å². The molecule has 3 aromatic heterocycles. The highest BCUT2D eigenvalue weighted by Gasteiger charge is 2.41. The van der Waals surface area contributed by atoms with Crippen molar-refractivity contribution < 1.29 is 0 Å². The number of allylic oxidation sites excluding steroid dienone is 3. The molecule has 0 spiro atoms. The van der Waals surface area contributed by atoms with Gasteiger partial charge in [-0.15, -0.1) is 0 Å². The minimum absolute atomic E-state index is 0.481. The summed E-state index contributed by atoms with van der Waals surface area (Å²) in [6.45, 7) is 2.30. The van der Waals surface area contributed by atoms with Crippen LogP contribution < -0.4 is 0 Å². The van der Waals surface area contributed by atoms with Crippen LogP contribution in [-0.2, 0) is 6.42 Å². The average Bonchev–Trinajstić information content (AvgIpc) is 3.94. The van der Waals surface area contributed by atoms with Crippen LogP contribution in [0.5, 0.6) is 0 Å². The maximum Gasteiger partial charge on any atom is 0.145 e. The second-order valence-electron chi connectivity index (χ2n) is 16.2. The topological polar surface area (TPSA) is 35.6 Å². The minimum atomic E-state index is 0.481. The second kappa shape index (κ2) is 13.9. The molecule has 0 amide bonds. The second-order valence-corrected chi connectivity index (χ2v) is 17.3. The van der Waals surface area contributed by atoms with Gasteiger partial charge in [-0.2, -0.15) is 0 Å². The summed E-state index contributed by atoms with van der Waals surface area (Å²) >= 11 is 2.00. The van der Waals surface area contributed by atoms with Gasteiger partial charge in [-0.3, -0.25) is 4.57 Å². The molecular weight excluding hydrogens is 737 g/mol. The average molecular weight is 779 g/mol. The Labute approximate surface area is 348 Å². The summed E-state index contributed by atoms with van der Waals surface area (Å²) in [5, 5.41) is 2.64. The van der Waals surface area contributed by atoms with E-state index in [1.807, 2.05) is 11.8 Å². The van der Waals surface area contributed by atoms with E-state index in [-0.39, 0.29) is 0 Å². The largest absolute Gasteiger partial charge is 0.310 e. The lowest BCUT2D eigenvalue weighted by atomic mass is 9.78. The van der Waals surface area contributed by atoms with Gasteiger partial charge in [-0.1, -0.05) is 128 Å². The third-order valence-corrected chi connectivity index (χ3v) is 14.2. The lowest BCUT2D eigenvalue weighted by Gasteiger charge is -2.28. The SMILES string of the molecule is CCCCC1=C2Sc3c(-c4cc(-c5ccc(-c6nc7ccccc7n6-c6ccccc6)cc5)cc(-n5c6c(c7ccccc75)CCC=C6)c4)nc4ccccc4c3C2C1. The number of hydrogen-bond donors (Lipinski definition) is 0. The maximum atomic E-state index is 5.54. The molecule has 0 saturated carbocycles. The van der Waals surface area contributed by atoms with Crippen molar-refractivity contribution in [1.29, 1.82) is 0 Å². The highest BCUT2D eigenvalue weighted by atomic mass is 32.2. The maximum absolute atomic E-state index is 5.54. The van der Waals surface area contributed by atoms with E-state index in [0.717, 1.165) is 69.0 Å². The first-order chi connectivity index (χ1) is 29.2. The van der Waals surface area contributed by atoms with Gasteiger partial charge in [0.05, 0.1) is 27.8 Å². The first kappa shape index (κ1) is 34.6. The zero-order valence-corrected chi connectivity index (χ0v) is 33.8. The molecule has 0 saturated heterocycles. The van der Waals surface area contributed by atoms with Gasteiger partial charge >= 0.3 is 0 Å². The van der Waals surface area contributed by atoms with Crippen molar-refractivity contribution in [2.45, 2.75) is 56.3 Å². The van der Waals surface area contributed by atoms with Crippen LogP contribution in [0.25, 0.3) is 84.1 Å². The first-order valence-electron chi connectivity index (χ1n) is 21.1. The van der Waals surface area contributed by atoms with E-state index < -0.39 is 0 Å². The third kappa shape index (κ3) is 5.52. The summed E-state index contributed by atoms with van der Waals surface area (Å²) in [6.07, 6.45) is 11.7. The molecule has 6 aromatic carbocycles. The van der Waals surface area contributed by atoms with Crippen molar-refractivity contribution >= 4 is 50.7 Å². The van der Waals surface area contributed by atoms with E-state index in [1.54, 1.807) is 10.5 Å². The van der Waals surface area contributed by atoms with Gasteiger partial charge in [0.2, 0.25) is 0 Å². The predicted octanol–water partition coefficient (Wildman–Crippen LogP) is 14.5. The third-order valence-electron chi connectivity index (χ3n) is 12.8. The highest BCUT2D eigenvalue weighted by molar-refractivity contribution is 8.03. The first-order valence-corrected chi connectivity index (χ1v) is 21.9. The number of unbranched alkanes of at least 4 members (excludes halogenated alkanes) is 1. The van der Waals surface area contributed by atoms with E-state index in [2.05, 4.69) is 174 Å². The Bertz CT molecular complexity index is 3200. The Morgan fingerprint density at radius 2 is 1.37 bits per heavy atom. The molecule has 1 aliphatic heterocycles. The molecule has 12 rings (SSSR count). The molecule has 1 unspecified atom stereocenters. The summed E-state index contributed by atoms with van der Waals surface area (Å²) in [7, 11) is 0. The Morgan fingerprint density at radius 1 is 0.644 bits per heavy atom. The van der Waals surface area contributed by atoms with E-state index >= 15 is 0 Å².